The predicted molar refractivity (Wildman–Crippen MR) is 81.0 cm³/mol. The van der Waals surface area contributed by atoms with Crippen LogP contribution < -0.4 is 10.6 Å². The van der Waals surface area contributed by atoms with Gasteiger partial charge in [0.25, 0.3) is 0 Å². The first-order valence-corrected chi connectivity index (χ1v) is 7.30. The van der Waals surface area contributed by atoms with Gasteiger partial charge in [-0.1, -0.05) is 11.8 Å². The molecule has 0 aliphatic heterocycles. The first-order chi connectivity index (χ1) is 8.86. The van der Waals surface area contributed by atoms with Gasteiger partial charge in [-0.2, -0.15) is 0 Å². The van der Waals surface area contributed by atoms with E-state index in [0.29, 0.717) is 24.1 Å². The number of likely N-dealkylation sites (N-methyl/N-ethyl adjacent to an activating group) is 1. The van der Waals surface area contributed by atoms with Crippen molar-refractivity contribution in [1.29, 1.82) is 0 Å². The molecule has 0 amide bonds. The van der Waals surface area contributed by atoms with Crippen molar-refractivity contribution in [2.45, 2.75) is 17.7 Å². The fourth-order valence-corrected chi connectivity index (χ4v) is 2.13. The third-order valence-corrected chi connectivity index (χ3v) is 3.00. The van der Waals surface area contributed by atoms with Gasteiger partial charge in [0, 0.05) is 26.2 Å². The van der Waals surface area contributed by atoms with E-state index in [-0.39, 0.29) is 0 Å². The summed E-state index contributed by atoms with van der Waals surface area (Å²) in [4.78, 5) is 10.6. The molecule has 1 aromatic heterocycles. The van der Waals surface area contributed by atoms with Crippen molar-refractivity contribution in [3.05, 3.63) is 6.07 Å². The fraction of sp³-hybridized carbons (Fsp3) is 0.667. The zero-order valence-corrected chi connectivity index (χ0v) is 13.0. The number of hydrogen-bond acceptors (Lipinski definition) is 7. The van der Waals surface area contributed by atoms with E-state index in [1.807, 2.05) is 38.4 Å². The molecule has 1 atom stereocenters. The summed E-state index contributed by atoms with van der Waals surface area (Å²) >= 11 is 1.48. The van der Waals surface area contributed by atoms with Gasteiger partial charge in [0.15, 0.2) is 5.16 Å². The molecular weight excluding hydrogens is 262 g/mol. The molecule has 1 heterocycles. The Morgan fingerprint density at radius 3 is 2.53 bits per heavy atom. The van der Waals surface area contributed by atoms with Gasteiger partial charge in [0.1, 0.15) is 11.6 Å². The average Bonchev–Trinajstić information content (AvgIpc) is 2.34. The normalized spacial score (nSPS) is 14.3. The molecule has 0 aliphatic rings. The summed E-state index contributed by atoms with van der Waals surface area (Å²) < 4.78 is 0. The molecule has 1 rings (SSSR count). The molecule has 1 unspecified atom stereocenters. The van der Waals surface area contributed by atoms with Crippen LogP contribution in [-0.2, 0) is 0 Å². The van der Waals surface area contributed by atoms with Gasteiger partial charge in [0.05, 0.1) is 5.60 Å². The summed E-state index contributed by atoms with van der Waals surface area (Å²) in [7, 11) is 5.69. The van der Waals surface area contributed by atoms with Crippen molar-refractivity contribution in [3.8, 4) is 0 Å². The van der Waals surface area contributed by atoms with Crippen molar-refractivity contribution in [1.82, 2.24) is 14.9 Å². The summed E-state index contributed by atoms with van der Waals surface area (Å²) in [6.45, 7) is 2.81. The Hall–Kier alpha value is -1.05. The molecule has 0 saturated carbocycles. The first-order valence-electron chi connectivity index (χ1n) is 6.08. The Balaban J connectivity index is 2.71. The Labute approximate surface area is 119 Å². The number of aromatic nitrogens is 2. The Kier molecular flexibility index (Phi) is 5.84. The van der Waals surface area contributed by atoms with E-state index in [4.69, 9.17) is 0 Å². The number of nitrogens with one attached hydrogen (secondary N) is 2. The highest BCUT2D eigenvalue weighted by Gasteiger charge is 2.21. The standard InChI is InChI=1S/C12H23N5OS/c1-12(18,8-17(3)4)7-14-10-6-9(13-2)15-11(16-10)19-5/h6,18H,7-8H2,1-5H3,(H2,13,14,15,16). The summed E-state index contributed by atoms with van der Waals surface area (Å²) in [5.74, 6) is 1.47. The van der Waals surface area contributed by atoms with Gasteiger partial charge >= 0.3 is 0 Å². The van der Waals surface area contributed by atoms with Crippen molar-refractivity contribution >= 4 is 23.4 Å². The lowest BCUT2D eigenvalue weighted by Crippen LogP contribution is -2.43. The number of hydrogen-bond donors (Lipinski definition) is 3. The number of rotatable bonds is 7. The molecule has 0 bridgehead atoms. The molecule has 108 valence electrons. The quantitative estimate of drug-likeness (QED) is 0.509. The van der Waals surface area contributed by atoms with Crippen molar-refractivity contribution < 1.29 is 5.11 Å². The molecule has 0 spiro atoms. The van der Waals surface area contributed by atoms with E-state index < -0.39 is 5.60 Å². The predicted octanol–water partition coefficient (Wildman–Crippen LogP) is 0.965. The van der Waals surface area contributed by atoms with Crippen LogP contribution in [0.3, 0.4) is 0 Å². The molecular formula is C12H23N5OS. The van der Waals surface area contributed by atoms with E-state index in [0.717, 1.165) is 5.82 Å². The number of thioether (sulfide) groups is 1. The second kappa shape index (κ2) is 6.93. The van der Waals surface area contributed by atoms with E-state index in [2.05, 4.69) is 20.6 Å². The minimum atomic E-state index is -0.812. The monoisotopic (exact) mass is 285 g/mol. The lowest BCUT2D eigenvalue weighted by atomic mass is 10.1. The second-order valence-corrected chi connectivity index (χ2v) is 5.74. The molecule has 0 aliphatic carbocycles. The van der Waals surface area contributed by atoms with Gasteiger partial charge in [-0.25, -0.2) is 9.97 Å². The van der Waals surface area contributed by atoms with Crippen LogP contribution in [0.2, 0.25) is 0 Å². The smallest absolute Gasteiger partial charge is 0.191 e. The maximum absolute atomic E-state index is 10.2. The highest BCUT2D eigenvalue weighted by Crippen LogP contribution is 2.17. The van der Waals surface area contributed by atoms with E-state index in [9.17, 15) is 5.11 Å². The fourth-order valence-electron chi connectivity index (χ4n) is 1.75. The van der Waals surface area contributed by atoms with Crippen molar-refractivity contribution in [2.24, 2.45) is 0 Å². The summed E-state index contributed by atoms with van der Waals surface area (Å²) in [5.41, 5.74) is -0.812. The van der Waals surface area contributed by atoms with Crippen molar-refractivity contribution in [2.75, 3.05) is 51.1 Å². The molecule has 6 nitrogen and oxygen atoms in total. The molecule has 0 fully saturated rings. The van der Waals surface area contributed by atoms with E-state index >= 15 is 0 Å². The van der Waals surface area contributed by atoms with Gasteiger partial charge in [0.2, 0.25) is 0 Å². The average molecular weight is 285 g/mol. The Bertz CT molecular complexity index is 389. The van der Waals surface area contributed by atoms with Crippen molar-refractivity contribution in [3.63, 3.8) is 0 Å². The SMILES string of the molecule is CNc1cc(NCC(C)(O)CN(C)C)nc(SC)n1. The third-order valence-electron chi connectivity index (χ3n) is 2.45. The van der Waals surface area contributed by atoms with Gasteiger partial charge < -0.3 is 20.6 Å². The molecule has 0 aromatic carbocycles. The van der Waals surface area contributed by atoms with Crippen LogP contribution in [0.1, 0.15) is 6.92 Å². The first kappa shape index (κ1) is 16.0. The minimum Gasteiger partial charge on any atom is -0.387 e. The zero-order chi connectivity index (χ0) is 14.5. The van der Waals surface area contributed by atoms with Gasteiger partial charge in [-0.3, -0.25) is 0 Å². The number of aliphatic hydroxyl groups is 1. The summed E-state index contributed by atoms with van der Waals surface area (Å²) in [6.07, 6.45) is 1.93. The third kappa shape index (κ3) is 5.63. The lowest BCUT2D eigenvalue weighted by Gasteiger charge is -2.27. The molecule has 0 radical (unpaired) electrons. The van der Waals surface area contributed by atoms with Gasteiger partial charge in [-0.05, 0) is 27.3 Å². The molecule has 19 heavy (non-hydrogen) atoms. The van der Waals surface area contributed by atoms with Crippen LogP contribution in [0.5, 0.6) is 0 Å². The number of nitrogens with zero attached hydrogens (tertiary/aromatic N) is 3. The largest absolute Gasteiger partial charge is 0.387 e. The zero-order valence-electron chi connectivity index (χ0n) is 12.2. The van der Waals surface area contributed by atoms with E-state index in [1.54, 1.807) is 6.92 Å². The minimum absolute atomic E-state index is 0.430. The van der Waals surface area contributed by atoms with Crippen LogP contribution in [0.4, 0.5) is 11.6 Å². The Morgan fingerprint density at radius 1 is 1.37 bits per heavy atom. The van der Waals surface area contributed by atoms with Gasteiger partial charge in [-0.15, -0.1) is 0 Å². The summed E-state index contributed by atoms with van der Waals surface area (Å²) in [6, 6.07) is 1.82. The molecule has 7 heteroatoms. The highest BCUT2D eigenvalue weighted by molar-refractivity contribution is 7.98. The molecule has 1 aromatic rings. The Morgan fingerprint density at radius 2 is 2.00 bits per heavy atom. The maximum atomic E-state index is 10.2. The summed E-state index contributed by atoms with van der Waals surface area (Å²) in [5, 5.41) is 17.1. The van der Waals surface area contributed by atoms with Crippen LogP contribution >= 0.6 is 11.8 Å². The highest BCUT2D eigenvalue weighted by atomic mass is 32.2. The topological polar surface area (TPSA) is 73.3 Å². The maximum Gasteiger partial charge on any atom is 0.191 e. The molecule has 0 saturated heterocycles. The van der Waals surface area contributed by atoms with Crippen LogP contribution in [0, 0.1) is 0 Å². The van der Waals surface area contributed by atoms with Crippen LogP contribution in [0.25, 0.3) is 0 Å². The van der Waals surface area contributed by atoms with Crippen LogP contribution in [0.15, 0.2) is 11.2 Å². The van der Waals surface area contributed by atoms with E-state index in [1.165, 1.54) is 11.8 Å². The lowest BCUT2D eigenvalue weighted by molar-refractivity contribution is 0.0459. The second-order valence-electron chi connectivity index (χ2n) is 4.96. The molecule has 3 N–H and O–H groups in total. The van der Waals surface area contributed by atoms with Crippen LogP contribution in [-0.4, -0.2) is 66.1 Å². The number of anilines is 2.